The van der Waals surface area contributed by atoms with E-state index < -0.39 is 5.91 Å². The molecule has 4 rings (SSSR count). The molecule has 31 heavy (non-hydrogen) atoms. The second kappa shape index (κ2) is 9.08. The highest BCUT2D eigenvalue weighted by Crippen LogP contribution is 2.26. The van der Waals surface area contributed by atoms with Gasteiger partial charge in [0.25, 0.3) is 5.91 Å². The van der Waals surface area contributed by atoms with E-state index >= 15 is 0 Å². The molecule has 0 aliphatic rings. The molecule has 0 saturated heterocycles. The van der Waals surface area contributed by atoms with E-state index in [2.05, 4.69) is 15.4 Å². The summed E-state index contributed by atoms with van der Waals surface area (Å²) in [5, 5.41) is 17.4. The second-order valence-corrected chi connectivity index (χ2v) is 6.97. The van der Waals surface area contributed by atoms with Crippen molar-refractivity contribution in [2.75, 3.05) is 5.32 Å². The Balaban J connectivity index is 1.75. The fourth-order valence-electron chi connectivity index (χ4n) is 2.99. The van der Waals surface area contributed by atoms with Gasteiger partial charge in [0.05, 0.1) is 16.4 Å². The average Bonchev–Trinajstić information content (AvgIpc) is 3.24. The summed E-state index contributed by atoms with van der Waals surface area (Å²) in [5.74, 6) is -0.555. The number of halogens is 1. The van der Waals surface area contributed by atoms with Crippen LogP contribution in [0.5, 0.6) is 0 Å². The topological polar surface area (TPSA) is 83.6 Å². The molecule has 6 nitrogen and oxygen atoms in total. The molecule has 0 spiro atoms. The maximum absolute atomic E-state index is 12.7. The number of nitriles is 1. The van der Waals surface area contributed by atoms with Crippen LogP contribution < -0.4 is 5.32 Å². The maximum Gasteiger partial charge on any atom is 0.266 e. The summed E-state index contributed by atoms with van der Waals surface area (Å²) >= 11 is 6.12. The highest BCUT2D eigenvalue weighted by molar-refractivity contribution is 6.34. The van der Waals surface area contributed by atoms with Crippen LogP contribution in [-0.2, 0) is 4.79 Å². The lowest BCUT2D eigenvalue weighted by molar-refractivity contribution is -0.112. The van der Waals surface area contributed by atoms with Crippen LogP contribution in [0.1, 0.15) is 5.56 Å². The van der Waals surface area contributed by atoms with Crippen molar-refractivity contribution in [3.8, 4) is 23.0 Å². The first-order chi connectivity index (χ1) is 15.2. The third-order valence-corrected chi connectivity index (χ3v) is 4.81. The third kappa shape index (κ3) is 4.53. The molecule has 0 unspecified atom stereocenters. The number of aromatic nitrogens is 3. The normalized spacial score (nSPS) is 11.0. The number of nitrogens with zero attached hydrogens (tertiary/aromatic N) is 4. The van der Waals surface area contributed by atoms with E-state index in [-0.39, 0.29) is 5.57 Å². The Bertz CT molecular complexity index is 1290. The van der Waals surface area contributed by atoms with E-state index in [4.69, 9.17) is 11.6 Å². The zero-order valence-corrected chi connectivity index (χ0v) is 17.0. The predicted octanol–water partition coefficient (Wildman–Crippen LogP) is 5.13. The number of amides is 1. The number of anilines is 1. The molecule has 4 aromatic rings. The number of hydrogen-bond acceptors (Lipinski definition) is 4. The number of pyridine rings is 1. The Morgan fingerprint density at radius 2 is 1.84 bits per heavy atom. The van der Waals surface area contributed by atoms with Gasteiger partial charge in [-0.25, -0.2) is 4.68 Å². The summed E-state index contributed by atoms with van der Waals surface area (Å²) in [6.07, 6.45) is 6.65. The smallest absolute Gasteiger partial charge is 0.266 e. The van der Waals surface area contributed by atoms with Gasteiger partial charge >= 0.3 is 0 Å². The van der Waals surface area contributed by atoms with Gasteiger partial charge in [-0.15, -0.1) is 0 Å². The van der Waals surface area contributed by atoms with Crippen LogP contribution in [0.3, 0.4) is 0 Å². The Kier molecular flexibility index (Phi) is 5.88. The quantitative estimate of drug-likeness (QED) is 0.354. The SMILES string of the molecule is N#C/C(=C/c1cn(-c2ccccc2)nc1-c1cccnc1)C(=O)Nc1ccccc1Cl. The first-order valence-electron chi connectivity index (χ1n) is 9.39. The summed E-state index contributed by atoms with van der Waals surface area (Å²) in [4.78, 5) is 16.9. The molecule has 2 aromatic heterocycles. The lowest BCUT2D eigenvalue weighted by Crippen LogP contribution is -2.13. The molecule has 7 heteroatoms. The van der Waals surface area contributed by atoms with Gasteiger partial charge in [-0.05, 0) is 42.5 Å². The number of carbonyl (C=O) groups excluding carboxylic acids is 1. The molecule has 0 saturated carbocycles. The molecule has 1 amide bonds. The van der Waals surface area contributed by atoms with Crippen LogP contribution in [0.25, 0.3) is 23.0 Å². The van der Waals surface area contributed by atoms with E-state index in [0.29, 0.717) is 22.0 Å². The molecular formula is C24H16ClN5O. The van der Waals surface area contributed by atoms with Crippen LogP contribution in [0, 0.1) is 11.3 Å². The molecule has 2 heterocycles. The molecule has 0 radical (unpaired) electrons. The molecule has 0 aliphatic carbocycles. The highest BCUT2D eigenvalue weighted by atomic mass is 35.5. The number of benzene rings is 2. The maximum atomic E-state index is 12.7. The summed E-state index contributed by atoms with van der Waals surface area (Å²) in [5.41, 5.74) is 3.21. The van der Waals surface area contributed by atoms with Crippen LogP contribution in [0.2, 0.25) is 5.02 Å². The van der Waals surface area contributed by atoms with Crippen molar-refractivity contribution in [3.63, 3.8) is 0 Å². The lowest BCUT2D eigenvalue weighted by Gasteiger charge is -2.06. The molecular weight excluding hydrogens is 410 g/mol. The molecule has 0 aliphatic heterocycles. The Morgan fingerprint density at radius 1 is 1.06 bits per heavy atom. The van der Waals surface area contributed by atoms with Gasteiger partial charge in [0.2, 0.25) is 0 Å². The van der Waals surface area contributed by atoms with Crippen molar-refractivity contribution >= 4 is 29.3 Å². The van der Waals surface area contributed by atoms with Gasteiger partial charge < -0.3 is 5.32 Å². The molecule has 1 N–H and O–H groups in total. The fraction of sp³-hybridized carbons (Fsp3) is 0. The summed E-state index contributed by atoms with van der Waals surface area (Å²) in [6.45, 7) is 0. The number of para-hydroxylation sites is 2. The van der Waals surface area contributed by atoms with E-state index in [0.717, 1.165) is 11.3 Å². The van der Waals surface area contributed by atoms with Crippen molar-refractivity contribution in [1.82, 2.24) is 14.8 Å². The van der Waals surface area contributed by atoms with E-state index in [1.54, 1.807) is 53.6 Å². The molecule has 150 valence electrons. The fourth-order valence-corrected chi connectivity index (χ4v) is 3.17. The molecule has 0 bridgehead atoms. The minimum atomic E-state index is -0.555. The lowest BCUT2D eigenvalue weighted by atomic mass is 10.1. The number of nitrogens with one attached hydrogen (secondary N) is 1. The standard InChI is InChI=1S/C24H16ClN5O/c25-21-10-4-5-11-22(21)28-24(31)18(14-26)13-19-16-30(20-8-2-1-3-9-20)29-23(19)17-7-6-12-27-15-17/h1-13,15-16H,(H,28,31)/b18-13-. The van der Waals surface area contributed by atoms with Crippen LogP contribution >= 0.6 is 11.6 Å². The van der Waals surface area contributed by atoms with Crippen LogP contribution in [0.4, 0.5) is 5.69 Å². The van der Waals surface area contributed by atoms with Crippen molar-refractivity contribution in [2.45, 2.75) is 0 Å². The molecule has 0 fully saturated rings. The van der Waals surface area contributed by atoms with Crippen LogP contribution in [-0.4, -0.2) is 20.7 Å². The van der Waals surface area contributed by atoms with Gasteiger partial charge in [-0.2, -0.15) is 10.4 Å². The predicted molar refractivity (Wildman–Crippen MR) is 120 cm³/mol. The highest BCUT2D eigenvalue weighted by Gasteiger charge is 2.16. The van der Waals surface area contributed by atoms with Gasteiger partial charge in [0.15, 0.2) is 0 Å². The minimum absolute atomic E-state index is 0.0716. The third-order valence-electron chi connectivity index (χ3n) is 4.49. The van der Waals surface area contributed by atoms with Crippen molar-refractivity contribution in [2.24, 2.45) is 0 Å². The zero-order chi connectivity index (χ0) is 21.6. The van der Waals surface area contributed by atoms with Crippen molar-refractivity contribution < 1.29 is 4.79 Å². The number of rotatable bonds is 5. The number of carbonyl (C=O) groups is 1. The Morgan fingerprint density at radius 3 is 2.55 bits per heavy atom. The summed E-state index contributed by atoms with van der Waals surface area (Å²) < 4.78 is 1.70. The Hall–Kier alpha value is -4.21. The summed E-state index contributed by atoms with van der Waals surface area (Å²) in [6, 6.07) is 22.1. The van der Waals surface area contributed by atoms with Crippen LogP contribution in [0.15, 0.2) is 90.9 Å². The van der Waals surface area contributed by atoms with E-state index in [9.17, 15) is 10.1 Å². The van der Waals surface area contributed by atoms with Crippen molar-refractivity contribution in [1.29, 1.82) is 5.26 Å². The van der Waals surface area contributed by atoms with Gasteiger partial charge in [0, 0.05) is 29.7 Å². The average molecular weight is 426 g/mol. The van der Waals surface area contributed by atoms with Gasteiger partial charge in [-0.1, -0.05) is 41.9 Å². The largest absolute Gasteiger partial charge is 0.320 e. The Labute approximate surface area is 184 Å². The van der Waals surface area contributed by atoms with Crippen molar-refractivity contribution in [3.05, 3.63) is 101 Å². The monoisotopic (exact) mass is 425 g/mol. The van der Waals surface area contributed by atoms with E-state index in [1.807, 2.05) is 42.5 Å². The zero-order valence-electron chi connectivity index (χ0n) is 16.2. The first-order valence-corrected chi connectivity index (χ1v) is 9.76. The molecule has 0 atom stereocenters. The minimum Gasteiger partial charge on any atom is -0.320 e. The number of hydrogen-bond donors (Lipinski definition) is 1. The van der Waals surface area contributed by atoms with Gasteiger partial charge in [-0.3, -0.25) is 9.78 Å². The first kappa shape index (κ1) is 20.1. The van der Waals surface area contributed by atoms with E-state index in [1.165, 1.54) is 6.08 Å². The molecule has 2 aromatic carbocycles. The van der Waals surface area contributed by atoms with Gasteiger partial charge in [0.1, 0.15) is 17.3 Å². The second-order valence-electron chi connectivity index (χ2n) is 6.56. The summed E-state index contributed by atoms with van der Waals surface area (Å²) in [7, 11) is 0.